The van der Waals surface area contributed by atoms with Crippen molar-refractivity contribution in [3.8, 4) is 45.7 Å². The van der Waals surface area contributed by atoms with Crippen LogP contribution in [-0.4, -0.2) is 26.3 Å². The van der Waals surface area contributed by atoms with Crippen LogP contribution in [0.5, 0.6) is 17.2 Å². The minimum absolute atomic E-state index is 0.181. The van der Waals surface area contributed by atoms with E-state index in [4.69, 9.17) is 19.9 Å². The van der Waals surface area contributed by atoms with Crippen LogP contribution in [0.15, 0.2) is 35.0 Å². The van der Waals surface area contributed by atoms with Crippen LogP contribution in [-0.2, 0) is 0 Å². The summed E-state index contributed by atoms with van der Waals surface area (Å²) in [5.74, 6) is 1.71. The Morgan fingerprint density at radius 3 is 2.23 bits per heavy atom. The standard InChI is InChI=1S/C19H17N3O3S/c1-23-16-6-12(7-17(24-2)18(16)25-3)15-8-13(11-4-5-26-10-11)14(9-20)19(21)22-15/h4-8,10H,1-3H3,(H2,21,22). The van der Waals surface area contributed by atoms with Crippen molar-refractivity contribution >= 4 is 17.2 Å². The monoisotopic (exact) mass is 367 g/mol. The highest BCUT2D eigenvalue weighted by atomic mass is 32.1. The lowest BCUT2D eigenvalue weighted by Crippen LogP contribution is -2.00. The Bertz CT molecular complexity index is 953. The maximum absolute atomic E-state index is 9.47. The predicted octanol–water partition coefficient (Wildman–Crippen LogP) is 3.96. The zero-order valence-electron chi connectivity index (χ0n) is 14.6. The van der Waals surface area contributed by atoms with E-state index in [-0.39, 0.29) is 5.82 Å². The van der Waals surface area contributed by atoms with Gasteiger partial charge in [0.05, 0.1) is 27.0 Å². The van der Waals surface area contributed by atoms with Crippen molar-refractivity contribution < 1.29 is 14.2 Å². The molecule has 2 heterocycles. The lowest BCUT2D eigenvalue weighted by Gasteiger charge is -2.15. The molecule has 2 aromatic heterocycles. The van der Waals surface area contributed by atoms with Crippen molar-refractivity contribution in [1.29, 1.82) is 5.26 Å². The van der Waals surface area contributed by atoms with Crippen molar-refractivity contribution in [1.82, 2.24) is 4.98 Å². The average molecular weight is 367 g/mol. The summed E-state index contributed by atoms with van der Waals surface area (Å²) in [6.45, 7) is 0. The number of anilines is 1. The molecular formula is C19H17N3O3S. The molecule has 0 unspecified atom stereocenters. The van der Waals surface area contributed by atoms with Gasteiger partial charge in [-0.3, -0.25) is 0 Å². The molecule has 6 nitrogen and oxygen atoms in total. The number of hydrogen-bond donors (Lipinski definition) is 1. The van der Waals surface area contributed by atoms with Crippen LogP contribution >= 0.6 is 11.3 Å². The molecule has 0 saturated carbocycles. The Hall–Kier alpha value is -3.24. The van der Waals surface area contributed by atoms with Gasteiger partial charge in [0.15, 0.2) is 11.5 Å². The van der Waals surface area contributed by atoms with E-state index in [0.717, 1.165) is 16.7 Å². The third kappa shape index (κ3) is 3.03. The lowest BCUT2D eigenvalue weighted by atomic mass is 10.00. The molecule has 0 fully saturated rings. The second-order valence-corrected chi connectivity index (χ2v) is 6.13. The molecule has 0 spiro atoms. The maximum Gasteiger partial charge on any atom is 0.203 e. The van der Waals surface area contributed by atoms with Crippen molar-refractivity contribution in [2.75, 3.05) is 27.1 Å². The Kier molecular flexibility index (Phi) is 4.96. The van der Waals surface area contributed by atoms with E-state index in [2.05, 4.69) is 11.1 Å². The van der Waals surface area contributed by atoms with Crippen LogP contribution in [0.2, 0.25) is 0 Å². The minimum Gasteiger partial charge on any atom is -0.493 e. The number of hydrogen-bond acceptors (Lipinski definition) is 7. The van der Waals surface area contributed by atoms with Crippen LogP contribution < -0.4 is 19.9 Å². The summed E-state index contributed by atoms with van der Waals surface area (Å²) in [6, 6.07) is 9.53. The second-order valence-electron chi connectivity index (χ2n) is 5.35. The molecule has 132 valence electrons. The Morgan fingerprint density at radius 2 is 1.73 bits per heavy atom. The number of nitrogen functional groups attached to an aromatic ring is 1. The second kappa shape index (κ2) is 7.33. The summed E-state index contributed by atoms with van der Waals surface area (Å²) in [7, 11) is 4.66. The summed E-state index contributed by atoms with van der Waals surface area (Å²) in [5, 5.41) is 13.4. The highest BCUT2D eigenvalue weighted by molar-refractivity contribution is 7.08. The highest BCUT2D eigenvalue weighted by Gasteiger charge is 2.18. The first kappa shape index (κ1) is 17.6. The van der Waals surface area contributed by atoms with Crippen LogP contribution in [0.25, 0.3) is 22.4 Å². The van der Waals surface area contributed by atoms with E-state index in [1.54, 1.807) is 44.8 Å². The van der Waals surface area contributed by atoms with Gasteiger partial charge in [0, 0.05) is 11.1 Å². The van der Waals surface area contributed by atoms with Crippen molar-refractivity contribution in [2.24, 2.45) is 0 Å². The molecule has 3 rings (SSSR count). The molecule has 0 aliphatic heterocycles. The molecule has 1 aromatic carbocycles. The first-order valence-electron chi connectivity index (χ1n) is 7.66. The molecule has 0 bridgehead atoms. The fraction of sp³-hybridized carbons (Fsp3) is 0.158. The molecule has 0 saturated heterocycles. The Morgan fingerprint density at radius 1 is 1.04 bits per heavy atom. The fourth-order valence-corrected chi connectivity index (χ4v) is 3.36. The number of pyridine rings is 1. The fourth-order valence-electron chi connectivity index (χ4n) is 2.70. The predicted molar refractivity (Wildman–Crippen MR) is 102 cm³/mol. The molecule has 0 amide bonds. The number of nitriles is 1. The van der Waals surface area contributed by atoms with Gasteiger partial charge >= 0.3 is 0 Å². The molecule has 0 atom stereocenters. The van der Waals surface area contributed by atoms with Crippen molar-refractivity contribution in [3.05, 3.63) is 40.6 Å². The minimum atomic E-state index is 0.181. The first-order chi connectivity index (χ1) is 12.6. The Labute approximate surface area is 155 Å². The molecule has 0 radical (unpaired) electrons. The van der Waals surface area contributed by atoms with Gasteiger partial charge < -0.3 is 19.9 Å². The van der Waals surface area contributed by atoms with Crippen LogP contribution in [0.3, 0.4) is 0 Å². The molecule has 7 heteroatoms. The number of methoxy groups -OCH3 is 3. The molecule has 26 heavy (non-hydrogen) atoms. The number of rotatable bonds is 5. The van der Waals surface area contributed by atoms with Gasteiger partial charge in [0.25, 0.3) is 0 Å². The molecule has 0 aliphatic carbocycles. The third-order valence-electron chi connectivity index (χ3n) is 3.95. The van der Waals surface area contributed by atoms with Crippen molar-refractivity contribution in [3.63, 3.8) is 0 Å². The summed E-state index contributed by atoms with van der Waals surface area (Å²) in [6.07, 6.45) is 0. The topological polar surface area (TPSA) is 90.4 Å². The zero-order valence-corrected chi connectivity index (χ0v) is 15.4. The largest absolute Gasteiger partial charge is 0.493 e. The smallest absolute Gasteiger partial charge is 0.203 e. The molecule has 2 N–H and O–H groups in total. The summed E-state index contributed by atoms with van der Waals surface area (Å²) in [5.41, 5.74) is 9.44. The van der Waals surface area contributed by atoms with Gasteiger partial charge in [-0.1, -0.05) is 0 Å². The van der Waals surface area contributed by atoms with Gasteiger partial charge in [-0.2, -0.15) is 16.6 Å². The average Bonchev–Trinajstić information content (AvgIpc) is 3.20. The van der Waals surface area contributed by atoms with E-state index in [1.807, 2.05) is 22.9 Å². The lowest BCUT2D eigenvalue weighted by molar-refractivity contribution is 0.324. The maximum atomic E-state index is 9.47. The summed E-state index contributed by atoms with van der Waals surface area (Å²) in [4.78, 5) is 4.40. The van der Waals surface area contributed by atoms with Crippen LogP contribution in [0.1, 0.15) is 5.56 Å². The van der Waals surface area contributed by atoms with Crippen LogP contribution in [0, 0.1) is 11.3 Å². The number of thiophene rings is 1. The van der Waals surface area contributed by atoms with Gasteiger partial charge in [-0.05, 0) is 40.6 Å². The number of nitrogens with zero attached hydrogens (tertiary/aromatic N) is 2. The van der Waals surface area contributed by atoms with Gasteiger partial charge in [-0.25, -0.2) is 4.98 Å². The van der Waals surface area contributed by atoms with E-state index in [9.17, 15) is 5.26 Å². The normalized spacial score (nSPS) is 10.2. The molecule has 0 aliphatic rings. The van der Waals surface area contributed by atoms with Gasteiger partial charge in [0.1, 0.15) is 17.5 Å². The number of ether oxygens (including phenoxy) is 3. The quantitative estimate of drug-likeness (QED) is 0.734. The Balaban J connectivity index is 2.24. The number of nitrogens with two attached hydrogens (primary N) is 1. The first-order valence-corrected chi connectivity index (χ1v) is 8.60. The highest BCUT2D eigenvalue weighted by Crippen LogP contribution is 2.42. The van der Waals surface area contributed by atoms with E-state index < -0.39 is 0 Å². The van der Waals surface area contributed by atoms with E-state index in [1.165, 1.54) is 0 Å². The number of benzene rings is 1. The van der Waals surface area contributed by atoms with Crippen LogP contribution in [0.4, 0.5) is 5.82 Å². The number of aromatic nitrogens is 1. The van der Waals surface area contributed by atoms with Gasteiger partial charge in [0.2, 0.25) is 5.75 Å². The van der Waals surface area contributed by atoms with E-state index >= 15 is 0 Å². The van der Waals surface area contributed by atoms with Crippen molar-refractivity contribution in [2.45, 2.75) is 0 Å². The summed E-state index contributed by atoms with van der Waals surface area (Å²) < 4.78 is 16.2. The summed E-state index contributed by atoms with van der Waals surface area (Å²) >= 11 is 1.55. The van der Waals surface area contributed by atoms with Gasteiger partial charge in [-0.15, -0.1) is 0 Å². The van der Waals surface area contributed by atoms with E-state index in [0.29, 0.717) is 28.5 Å². The third-order valence-corrected chi connectivity index (χ3v) is 4.64. The zero-order chi connectivity index (χ0) is 18.7. The molecule has 3 aromatic rings. The SMILES string of the molecule is COc1cc(-c2cc(-c3ccsc3)c(C#N)c(N)n2)cc(OC)c1OC. The molecular weight excluding hydrogens is 350 g/mol.